The molecule has 2 aromatic rings. The molecular weight excluding hydrogens is 272 g/mol. The SMILES string of the molecule is CSCCCCCCNc1nc(NN)cn2ccnc12. The van der Waals surface area contributed by atoms with Crippen LogP contribution < -0.4 is 16.6 Å². The van der Waals surface area contributed by atoms with Gasteiger partial charge in [0.05, 0.1) is 6.20 Å². The van der Waals surface area contributed by atoms with Gasteiger partial charge in [-0.25, -0.2) is 15.8 Å². The van der Waals surface area contributed by atoms with Gasteiger partial charge in [-0.1, -0.05) is 12.8 Å². The van der Waals surface area contributed by atoms with Crippen LogP contribution in [0, 0.1) is 0 Å². The van der Waals surface area contributed by atoms with E-state index in [2.05, 4.69) is 27.0 Å². The third-order valence-corrected chi connectivity index (χ3v) is 3.79. The Balaban J connectivity index is 1.84. The summed E-state index contributed by atoms with van der Waals surface area (Å²) >= 11 is 1.91. The number of nitrogens with two attached hydrogens (primary N) is 1. The summed E-state index contributed by atoms with van der Waals surface area (Å²) in [6, 6.07) is 0. The Hall–Kier alpha value is -1.47. The van der Waals surface area contributed by atoms with Crippen LogP contribution in [0.2, 0.25) is 0 Å². The Labute approximate surface area is 123 Å². The molecular formula is C13H22N6S. The van der Waals surface area contributed by atoms with Gasteiger partial charge in [0.1, 0.15) is 0 Å². The molecule has 2 heterocycles. The van der Waals surface area contributed by atoms with Crippen molar-refractivity contribution in [3.63, 3.8) is 0 Å². The number of hydrogen-bond donors (Lipinski definition) is 3. The average Bonchev–Trinajstić information content (AvgIpc) is 2.94. The molecule has 0 aromatic carbocycles. The van der Waals surface area contributed by atoms with E-state index < -0.39 is 0 Å². The van der Waals surface area contributed by atoms with Crippen molar-refractivity contribution in [1.29, 1.82) is 0 Å². The van der Waals surface area contributed by atoms with Crippen LogP contribution >= 0.6 is 11.8 Å². The van der Waals surface area contributed by atoms with Gasteiger partial charge in [0.2, 0.25) is 0 Å². The largest absolute Gasteiger partial charge is 0.367 e. The Morgan fingerprint density at radius 3 is 2.95 bits per heavy atom. The third kappa shape index (κ3) is 4.01. The molecule has 20 heavy (non-hydrogen) atoms. The lowest BCUT2D eigenvalue weighted by atomic mass is 10.2. The number of hydrazine groups is 1. The molecule has 0 aliphatic carbocycles. The minimum atomic E-state index is 0.623. The molecule has 2 rings (SSSR count). The van der Waals surface area contributed by atoms with Crippen molar-refractivity contribution in [3.8, 4) is 0 Å². The van der Waals surface area contributed by atoms with Crippen molar-refractivity contribution in [2.45, 2.75) is 25.7 Å². The second kappa shape index (κ2) is 7.96. The van der Waals surface area contributed by atoms with Crippen LogP contribution in [-0.4, -0.2) is 32.9 Å². The van der Waals surface area contributed by atoms with Gasteiger partial charge < -0.3 is 15.1 Å². The fraction of sp³-hybridized carbons (Fsp3) is 0.538. The van der Waals surface area contributed by atoms with Gasteiger partial charge in [-0.3, -0.25) is 0 Å². The number of nitrogen functional groups attached to an aromatic ring is 1. The minimum absolute atomic E-state index is 0.623. The minimum Gasteiger partial charge on any atom is -0.367 e. The normalized spacial score (nSPS) is 10.9. The number of unbranched alkanes of at least 4 members (excludes halogenated alkanes) is 3. The maximum atomic E-state index is 5.43. The predicted octanol–water partition coefficient (Wildman–Crippen LogP) is 2.35. The zero-order valence-electron chi connectivity index (χ0n) is 11.8. The lowest BCUT2D eigenvalue weighted by Crippen LogP contribution is -2.12. The van der Waals surface area contributed by atoms with Crippen molar-refractivity contribution in [2.24, 2.45) is 5.84 Å². The molecule has 0 saturated heterocycles. The van der Waals surface area contributed by atoms with Crippen LogP contribution in [0.5, 0.6) is 0 Å². The second-order valence-corrected chi connectivity index (χ2v) is 5.60. The third-order valence-electron chi connectivity index (χ3n) is 3.09. The number of rotatable bonds is 9. The average molecular weight is 294 g/mol. The molecule has 2 aromatic heterocycles. The van der Waals surface area contributed by atoms with E-state index in [1.807, 2.05) is 28.6 Å². The summed E-state index contributed by atoms with van der Waals surface area (Å²) in [4.78, 5) is 8.71. The van der Waals surface area contributed by atoms with Crippen LogP contribution in [0.1, 0.15) is 25.7 Å². The first-order chi connectivity index (χ1) is 9.85. The highest BCUT2D eigenvalue weighted by Crippen LogP contribution is 2.16. The summed E-state index contributed by atoms with van der Waals surface area (Å²) in [6.45, 7) is 0.906. The molecule has 0 bridgehead atoms. The van der Waals surface area contributed by atoms with Crippen molar-refractivity contribution in [1.82, 2.24) is 14.4 Å². The van der Waals surface area contributed by atoms with E-state index in [4.69, 9.17) is 5.84 Å². The van der Waals surface area contributed by atoms with Gasteiger partial charge in [0.25, 0.3) is 0 Å². The monoisotopic (exact) mass is 294 g/mol. The van der Waals surface area contributed by atoms with Crippen LogP contribution in [0.3, 0.4) is 0 Å². The van der Waals surface area contributed by atoms with Gasteiger partial charge >= 0.3 is 0 Å². The summed E-state index contributed by atoms with van der Waals surface area (Å²) in [7, 11) is 0. The highest BCUT2D eigenvalue weighted by molar-refractivity contribution is 7.98. The first kappa shape index (κ1) is 14.9. The number of thioether (sulfide) groups is 1. The van der Waals surface area contributed by atoms with Gasteiger partial charge in [-0.05, 0) is 24.9 Å². The molecule has 110 valence electrons. The van der Waals surface area contributed by atoms with Crippen LogP contribution in [-0.2, 0) is 0 Å². The summed E-state index contributed by atoms with van der Waals surface area (Å²) in [5.74, 6) is 8.08. The number of imidazole rings is 1. The molecule has 4 N–H and O–H groups in total. The van der Waals surface area contributed by atoms with Crippen molar-refractivity contribution in [2.75, 3.05) is 29.3 Å². The quantitative estimate of drug-likeness (QED) is 0.374. The van der Waals surface area contributed by atoms with Crippen LogP contribution in [0.25, 0.3) is 5.65 Å². The zero-order valence-corrected chi connectivity index (χ0v) is 12.6. The summed E-state index contributed by atoms with van der Waals surface area (Å²) in [5.41, 5.74) is 3.40. The van der Waals surface area contributed by atoms with E-state index in [1.54, 1.807) is 6.20 Å². The van der Waals surface area contributed by atoms with Crippen LogP contribution in [0.15, 0.2) is 18.6 Å². The first-order valence-corrected chi connectivity index (χ1v) is 8.27. The predicted molar refractivity (Wildman–Crippen MR) is 86.1 cm³/mol. The Morgan fingerprint density at radius 1 is 1.30 bits per heavy atom. The number of nitrogens with zero attached hydrogens (tertiary/aromatic N) is 3. The Morgan fingerprint density at radius 2 is 2.15 bits per heavy atom. The Kier molecular flexibility index (Phi) is 5.94. The molecule has 0 unspecified atom stereocenters. The molecule has 0 spiro atoms. The van der Waals surface area contributed by atoms with E-state index in [-0.39, 0.29) is 0 Å². The lowest BCUT2D eigenvalue weighted by molar-refractivity contribution is 0.688. The summed E-state index contributed by atoms with van der Waals surface area (Å²) in [5, 5.41) is 3.34. The molecule has 0 aliphatic heterocycles. The first-order valence-electron chi connectivity index (χ1n) is 6.88. The van der Waals surface area contributed by atoms with E-state index >= 15 is 0 Å². The molecule has 0 aliphatic rings. The molecule has 0 radical (unpaired) electrons. The second-order valence-electron chi connectivity index (χ2n) is 4.61. The van der Waals surface area contributed by atoms with Crippen molar-refractivity contribution >= 4 is 29.0 Å². The molecule has 0 atom stereocenters. The van der Waals surface area contributed by atoms with Gasteiger partial charge in [0, 0.05) is 18.9 Å². The molecule has 7 heteroatoms. The Bertz CT molecular complexity index is 527. The lowest BCUT2D eigenvalue weighted by Gasteiger charge is -2.09. The highest BCUT2D eigenvalue weighted by Gasteiger charge is 2.06. The van der Waals surface area contributed by atoms with Crippen molar-refractivity contribution in [3.05, 3.63) is 18.6 Å². The fourth-order valence-electron chi connectivity index (χ4n) is 2.05. The number of nitrogens with one attached hydrogen (secondary N) is 2. The van der Waals surface area contributed by atoms with Crippen LogP contribution in [0.4, 0.5) is 11.6 Å². The number of hydrogen-bond acceptors (Lipinski definition) is 6. The number of anilines is 2. The van der Waals surface area contributed by atoms with E-state index in [0.717, 1.165) is 24.4 Å². The zero-order chi connectivity index (χ0) is 14.2. The van der Waals surface area contributed by atoms with E-state index in [0.29, 0.717) is 5.82 Å². The fourth-order valence-corrected chi connectivity index (χ4v) is 2.54. The molecule has 0 amide bonds. The van der Waals surface area contributed by atoms with Gasteiger partial charge in [0.15, 0.2) is 17.3 Å². The molecule has 6 nitrogen and oxygen atoms in total. The molecule has 0 saturated carbocycles. The number of aromatic nitrogens is 3. The number of fused-ring (bicyclic) bond motifs is 1. The maximum absolute atomic E-state index is 5.43. The van der Waals surface area contributed by atoms with E-state index in [9.17, 15) is 0 Å². The highest BCUT2D eigenvalue weighted by atomic mass is 32.2. The van der Waals surface area contributed by atoms with Gasteiger partial charge in [-0.15, -0.1) is 0 Å². The summed E-state index contributed by atoms with van der Waals surface area (Å²) < 4.78 is 1.91. The molecule has 0 fully saturated rings. The van der Waals surface area contributed by atoms with E-state index in [1.165, 1.54) is 25.0 Å². The summed E-state index contributed by atoms with van der Waals surface area (Å²) in [6.07, 6.45) is 12.6. The van der Waals surface area contributed by atoms with Crippen molar-refractivity contribution < 1.29 is 0 Å². The smallest absolute Gasteiger partial charge is 0.180 e. The van der Waals surface area contributed by atoms with Gasteiger partial charge in [-0.2, -0.15) is 11.8 Å². The topological polar surface area (TPSA) is 80.3 Å². The maximum Gasteiger partial charge on any atom is 0.180 e. The standard InChI is InChI=1S/C13H22N6S/c1-20-9-5-3-2-4-6-15-12-13-16-7-8-19(13)10-11(17-12)18-14/h7-8,10,18H,2-6,9,14H2,1H3,(H,15,17).